The number of aliphatic hydroxyl groups is 1. The average molecular weight is 291 g/mol. The van der Waals surface area contributed by atoms with Crippen molar-refractivity contribution in [2.75, 3.05) is 0 Å². The van der Waals surface area contributed by atoms with E-state index in [2.05, 4.69) is 4.98 Å². The third-order valence-electron chi connectivity index (χ3n) is 2.63. The average Bonchev–Trinajstić information content (AvgIpc) is 2.79. The van der Waals surface area contributed by atoms with Gasteiger partial charge in [0.1, 0.15) is 0 Å². The molecule has 0 aliphatic carbocycles. The van der Waals surface area contributed by atoms with E-state index < -0.39 is 30.2 Å². The molecule has 0 radical (unpaired) electrons. The van der Waals surface area contributed by atoms with Crippen molar-refractivity contribution in [1.29, 1.82) is 0 Å². The van der Waals surface area contributed by atoms with Gasteiger partial charge < -0.3 is 5.11 Å². The number of aromatic nitrogens is 1. The lowest BCUT2D eigenvalue weighted by Crippen LogP contribution is -2.56. The Morgan fingerprint density at radius 3 is 2.60 bits per heavy atom. The Morgan fingerprint density at radius 1 is 1.40 bits per heavy atom. The maximum absolute atomic E-state index is 12.9. The summed E-state index contributed by atoms with van der Waals surface area (Å²) in [7, 11) is 0. The Hall–Kier alpha value is -2.16. The molecule has 0 bridgehead atoms. The van der Waals surface area contributed by atoms with Gasteiger partial charge in [0.25, 0.3) is 18.8 Å². The van der Waals surface area contributed by atoms with Crippen molar-refractivity contribution >= 4 is 5.91 Å². The zero-order valence-electron chi connectivity index (χ0n) is 9.80. The zero-order chi connectivity index (χ0) is 14.9. The van der Waals surface area contributed by atoms with Gasteiger partial charge in [0.05, 0.1) is 11.3 Å². The number of alkyl halides is 4. The molecular weight excluding hydrogens is 282 g/mol. The Balaban J connectivity index is 2.35. The number of nitrogens with one attached hydrogen (secondary N) is 1. The van der Waals surface area contributed by atoms with Gasteiger partial charge >= 0.3 is 0 Å². The lowest BCUT2D eigenvalue weighted by atomic mass is 10.1. The van der Waals surface area contributed by atoms with E-state index in [4.69, 9.17) is 0 Å². The second kappa shape index (κ2) is 5.08. The Bertz CT molecular complexity index is 538. The third kappa shape index (κ3) is 2.31. The standard InChI is InChI=1S/C11H9F4N3O2/c12-8(13)7-4-11(20,10(14)15)18(17-7)9(19)6-2-1-3-16-5-6/h1-5,8,10,17,20H. The maximum Gasteiger partial charge on any atom is 0.291 e. The van der Waals surface area contributed by atoms with Crippen LogP contribution in [0.4, 0.5) is 17.6 Å². The molecular formula is C11H9F4N3O2. The van der Waals surface area contributed by atoms with E-state index in [1.54, 1.807) is 5.43 Å². The van der Waals surface area contributed by atoms with Crippen LogP contribution in [-0.2, 0) is 0 Å². The van der Waals surface area contributed by atoms with E-state index in [9.17, 15) is 27.5 Å². The summed E-state index contributed by atoms with van der Waals surface area (Å²) in [6.07, 6.45) is -3.96. The number of allylic oxidation sites excluding steroid dienone is 1. The van der Waals surface area contributed by atoms with Crippen LogP contribution in [0.3, 0.4) is 0 Å². The van der Waals surface area contributed by atoms with Gasteiger partial charge in [0.15, 0.2) is 0 Å². The molecule has 1 amide bonds. The molecule has 1 unspecified atom stereocenters. The van der Waals surface area contributed by atoms with Gasteiger partial charge in [0, 0.05) is 18.5 Å². The fraction of sp³-hybridized carbons (Fsp3) is 0.273. The monoisotopic (exact) mass is 291 g/mol. The summed E-state index contributed by atoms with van der Waals surface area (Å²) < 4.78 is 50.9. The van der Waals surface area contributed by atoms with Gasteiger partial charge in [-0.2, -0.15) is 0 Å². The van der Waals surface area contributed by atoms with E-state index in [1.807, 2.05) is 0 Å². The molecule has 0 spiro atoms. The summed E-state index contributed by atoms with van der Waals surface area (Å²) in [5.74, 6) is -1.10. The van der Waals surface area contributed by atoms with Gasteiger partial charge in [-0.3, -0.25) is 15.2 Å². The predicted molar refractivity (Wildman–Crippen MR) is 58.6 cm³/mol. The highest BCUT2D eigenvalue weighted by molar-refractivity contribution is 5.94. The number of carbonyl (C=O) groups excluding carboxylic acids is 1. The normalized spacial score (nSPS) is 22.1. The van der Waals surface area contributed by atoms with Gasteiger partial charge in [0.2, 0.25) is 5.72 Å². The molecule has 2 rings (SSSR count). The summed E-state index contributed by atoms with van der Waals surface area (Å²) in [6, 6.07) is 2.62. The van der Waals surface area contributed by atoms with E-state index >= 15 is 0 Å². The summed E-state index contributed by atoms with van der Waals surface area (Å²) in [5, 5.41) is 9.81. The molecule has 2 heterocycles. The molecule has 0 saturated heterocycles. The fourth-order valence-corrected chi connectivity index (χ4v) is 1.65. The molecule has 108 valence electrons. The molecule has 1 aliphatic rings. The highest BCUT2D eigenvalue weighted by Gasteiger charge is 2.51. The minimum atomic E-state index is -3.47. The van der Waals surface area contributed by atoms with Crippen molar-refractivity contribution < 1.29 is 27.5 Å². The van der Waals surface area contributed by atoms with E-state index in [1.165, 1.54) is 18.3 Å². The summed E-state index contributed by atoms with van der Waals surface area (Å²) in [6.45, 7) is 0. The minimum Gasteiger partial charge on any atom is -0.361 e. The first kappa shape index (κ1) is 14.3. The maximum atomic E-state index is 12.9. The van der Waals surface area contributed by atoms with Crippen LogP contribution >= 0.6 is 0 Å². The van der Waals surface area contributed by atoms with Gasteiger partial charge in [-0.25, -0.2) is 22.6 Å². The summed E-state index contributed by atoms with van der Waals surface area (Å²) >= 11 is 0. The molecule has 9 heteroatoms. The molecule has 1 aromatic rings. The molecule has 0 aromatic carbocycles. The lowest BCUT2D eigenvalue weighted by Gasteiger charge is -2.31. The van der Waals surface area contributed by atoms with E-state index in [-0.39, 0.29) is 16.6 Å². The third-order valence-corrected chi connectivity index (χ3v) is 2.63. The van der Waals surface area contributed by atoms with Crippen LogP contribution in [-0.4, -0.2) is 39.6 Å². The number of pyridine rings is 1. The molecule has 1 aliphatic heterocycles. The number of hydrogen-bond acceptors (Lipinski definition) is 4. The van der Waals surface area contributed by atoms with Crippen LogP contribution in [0.25, 0.3) is 0 Å². The second-order valence-electron chi connectivity index (χ2n) is 3.98. The second-order valence-corrected chi connectivity index (χ2v) is 3.98. The highest BCUT2D eigenvalue weighted by atomic mass is 19.3. The van der Waals surface area contributed by atoms with E-state index in [0.717, 1.165) is 6.20 Å². The van der Waals surface area contributed by atoms with Crippen molar-refractivity contribution in [2.24, 2.45) is 0 Å². The molecule has 2 N–H and O–H groups in total. The number of hydrazine groups is 1. The van der Waals surface area contributed by atoms with Crippen LogP contribution in [0.1, 0.15) is 10.4 Å². The van der Waals surface area contributed by atoms with Gasteiger partial charge in [-0.1, -0.05) is 0 Å². The van der Waals surface area contributed by atoms with Crippen LogP contribution < -0.4 is 5.43 Å². The predicted octanol–water partition coefficient (Wildman–Crippen LogP) is 1.14. The van der Waals surface area contributed by atoms with Crippen LogP contribution in [0.5, 0.6) is 0 Å². The van der Waals surface area contributed by atoms with Crippen LogP contribution in [0.15, 0.2) is 36.3 Å². The van der Waals surface area contributed by atoms with E-state index in [0.29, 0.717) is 0 Å². The molecule has 0 saturated carbocycles. The number of amides is 1. The Kier molecular flexibility index (Phi) is 3.62. The van der Waals surface area contributed by atoms with Crippen LogP contribution in [0.2, 0.25) is 0 Å². The first-order valence-corrected chi connectivity index (χ1v) is 5.39. The van der Waals surface area contributed by atoms with Gasteiger partial charge in [-0.05, 0) is 12.1 Å². The van der Waals surface area contributed by atoms with Crippen molar-refractivity contribution in [1.82, 2.24) is 15.4 Å². The quantitative estimate of drug-likeness (QED) is 0.820. The molecule has 5 nitrogen and oxygen atoms in total. The Morgan fingerprint density at radius 2 is 2.10 bits per heavy atom. The number of hydrogen-bond donors (Lipinski definition) is 2. The first-order valence-electron chi connectivity index (χ1n) is 5.39. The topological polar surface area (TPSA) is 65.5 Å². The number of carbonyl (C=O) groups is 1. The highest BCUT2D eigenvalue weighted by Crippen LogP contribution is 2.31. The molecule has 0 fully saturated rings. The van der Waals surface area contributed by atoms with Crippen molar-refractivity contribution in [2.45, 2.75) is 18.6 Å². The number of nitrogens with zero attached hydrogens (tertiary/aromatic N) is 2. The first-order chi connectivity index (χ1) is 9.36. The van der Waals surface area contributed by atoms with Gasteiger partial charge in [-0.15, -0.1) is 0 Å². The summed E-state index contributed by atoms with van der Waals surface area (Å²) in [4.78, 5) is 15.6. The van der Waals surface area contributed by atoms with Crippen molar-refractivity contribution in [3.8, 4) is 0 Å². The van der Waals surface area contributed by atoms with Crippen molar-refractivity contribution in [3.63, 3.8) is 0 Å². The Labute approximate surface area is 110 Å². The van der Waals surface area contributed by atoms with Crippen LogP contribution in [0, 0.1) is 0 Å². The fourth-order valence-electron chi connectivity index (χ4n) is 1.65. The largest absolute Gasteiger partial charge is 0.361 e. The molecule has 1 atom stereocenters. The van der Waals surface area contributed by atoms with Crippen molar-refractivity contribution in [3.05, 3.63) is 41.9 Å². The summed E-state index contributed by atoms with van der Waals surface area (Å²) in [5.41, 5.74) is -2.45. The lowest BCUT2D eigenvalue weighted by molar-refractivity contribution is -0.146. The smallest absolute Gasteiger partial charge is 0.291 e. The zero-order valence-corrected chi connectivity index (χ0v) is 9.80. The number of halogens is 4. The molecule has 20 heavy (non-hydrogen) atoms. The SMILES string of the molecule is O=C(c1cccnc1)N1NC(C(F)F)=CC1(O)C(F)F. The number of rotatable bonds is 3. The minimum absolute atomic E-state index is 0.0656. The molecule has 1 aromatic heterocycles.